The molecule has 1 aliphatic rings. The number of carbonyl (C=O) groups is 2. The molecule has 0 spiro atoms. The number of nitrogens with one attached hydrogen (secondary N) is 1. The average Bonchev–Trinajstić information content (AvgIpc) is 3.04. The van der Waals surface area contributed by atoms with Crippen LogP contribution < -0.4 is 14.8 Å². The zero-order valence-electron chi connectivity index (χ0n) is 26.1. The van der Waals surface area contributed by atoms with E-state index in [4.69, 9.17) is 9.47 Å². The highest BCUT2D eigenvalue weighted by Crippen LogP contribution is 2.31. The number of anilines is 1. The third-order valence-electron chi connectivity index (χ3n) is 8.00. The second kappa shape index (κ2) is 14.9. The second-order valence-electron chi connectivity index (χ2n) is 11.8. The van der Waals surface area contributed by atoms with Gasteiger partial charge in [0.25, 0.3) is 5.91 Å². The number of aliphatic hydroxyl groups excluding tert-OH is 1. The van der Waals surface area contributed by atoms with E-state index in [0.29, 0.717) is 36.6 Å². The molecule has 1 heterocycles. The van der Waals surface area contributed by atoms with Crippen molar-refractivity contribution in [3.8, 4) is 17.2 Å². The molecule has 45 heavy (non-hydrogen) atoms. The van der Waals surface area contributed by atoms with E-state index >= 15 is 0 Å². The van der Waals surface area contributed by atoms with Gasteiger partial charge in [0.2, 0.25) is 5.91 Å². The van der Waals surface area contributed by atoms with Crippen LogP contribution in [0, 0.1) is 5.92 Å². The summed E-state index contributed by atoms with van der Waals surface area (Å²) < 4.78 is 12.5. The fourth-order valence-corrected chi connectivity index (χ4v) is 5.48. The van der Waals surface area contributed by atoms with Crippen LogP contribution in [-0.2, 0) is 17.8 Å². The Morgan fingerprint density at radius 1 is 0.978 bits per heavy atom. The molecule has 3 atom stereocenters. The predicted molar refractivity (Wildman–Crippen MR) is 176 cm³/mol. The first kappa shape index (κ1) is 31.8. The number of fused-ring (bicyclic) bond motifs is 1. The number of amides is 2. The minimum absolute atomic E-state index is 0.00884. The van der Waals surface area contributed by atoms with E-state index in [9.17, 15) is 14.7 Å². The smallest absolute Gasteiger partial charge is 0.258 e. The van der Waals surface area contributed by atoms with Crippen molar-refractivity contribution in [1.82, 2.24) is 9.80 Å². The maximum absolute atomic E-state index is 13.8. The van der Waals surface area contributed by atoms with Gasteiger partial charge in [-0.05, 0) is 67.6 Å². The summed E-state index contributed by atoms with van der Waals surface area (Å²) in [4.78, 5) is 30.4. The van der Waals surface area contributed by atoms with Crippen molar-refractivity contribution < 1.29 is 24.2 Å². The molecule has 1 aliphatic heterocycles. The molecule has 0 radical (unpaired) electrons. The Balaban J connectivity index is 1.29. The Labute approximate surface area is 265 Å². The number of ether oxygens (including phenoxy) is 2. The van der Waals surface area contributed by atoms with Crippen molar-refractivity contribution in [2.45, 2.75) is 39.0 Å². The van der Waals surface area contributed by atoms with Crippen LogP contribution in [0.5, 0.6) is 17.2 Å². The van der Waals surface area contributed by atoms with E-state index in [1.165, 1.54) is 0 Å². The highest BCUT2D eigenvalue weighted by Gasteiger charge is 2.33. The van der Waals surface area contributed by atoms with E-state index in [0.717, 1.165) is 22.6 Å². The molecule has 8 heteroatoms. The quantitative estimate of drug-likeness (QED) is 0.217. The van der Waals surface area contributed by atoms with Crippen LogP contribution in [-0.4, -0.2) is 65.6 Å². The number of aliphatic hydroxyl groups is 1. The van der Waals surface area contributed by atoms with Crippen molar-refractivity contribution in [3.05, 3.63) is 120 Å². The molecule has 0 saturated carbocycles. The fraction of sp³-hybridized carbons (Fsp3) is 0.297. The third kappa shape index (κ3) is 8.50. The fourth-order valence-electron chi connectivity index (χ4n) is 5.48. The van der Waals surface area contributed by atoms with Gasteiger partial charge in [-0.2, -0.15) is 0 Å². The minimum Gasteiger partial charge on any atom is -0.488 e. The first-order chi connectivity index (χ1) is 21.8. The molecule has 234 valence electrons. The number of benzene rings is 4. The highest BCUT2D eigenvalue weighted by atomic mass is 16.5. The maximum Gasteiger partial charge on any atom is 0.258 e. The Bertz CT molecular complexity index is 1560. The summed E-state index contributed by atoms with van der Waals surface area (Å²) in [5.41, 5.74) is 2.92. The van der Waals surface area contributed by atoms with Crippen LogP contribution >= 0.6 is 0 Å². The monoisotopic (exact) mass is 607 g/mol. The van der Waals surface area contributed by atoms with Crippen LogP contribution in [0.1, 0.15) is 35.3 Å². The van der Waals surface area contributed by atoms with Crippen LogP contribution in [0.15, 0.2) is 103 Å². The van der Waals surface area contributed by atoms with Crippen molar-refractivity contribution in [2.24, 2.45) is 5.92 Å². The molecule has 0 bridgehead atoms. The largest absolute Gasteiger partial charge is 0.488 e. The number of rotatable bonds is 11. The number of nitrogens with zero attached hydrogens (tertiary/aromatic N) is 2. The zero-order chi connectivity index (χ0) is 31.8. The highest BCUT2D eigenvalue weighted by molar-refractivity contribution is 6.00. The van der Waals surface area contributed by atoms with E-state index in [2.05, 4.69) is 36.3 Å². The van der Waals surface area contributed by atoms with E-state index in [1.807, 2.05) is 79.7 Å². The minimum atomic E-state index is -0.378. The number of carbonyl (C=O) groups excluding carboxylic acids is 2. The average molecular weight is 608 g/mol. The number of hydrogen-bond acceptors (Lipinski definition) is 6. The van der Waals surface area contributed by atoms with E-state index in [1.54, 1.807) is 23.1 Å². The Morgan fingerprint density at radius 3 is 2.33 bits per heavy atom. The molecular weight excluding hydrogens is 566 g/mol. The summed E-state index contributed by atoms with van der Waals surface area (Å²) >= 11 is 0. The van der Waals surface area contributed by atoms with Gasteiger partial charge in [-0.15, -0.1) is 0 Å². The van der Waals surface area contributed by atoms with Crippen molar-refractivity contribution >= 4 is 17.5 Å². The van der Waals surface area contributed by atoms with Crippen LogP contribution in [0.3, 0.4) is 0 Å². The lowest BCUT2D eigenvalue weighted by Gasteiger charge is -2.38. The summed E-state index contributed by atoms with van der Waals surface area (Å²) in [7, 11) is 2.05. The number of likely N-dealkylation sites (N-methyl/N-ethyl adjacent to an activating group) is 1. The van der Waals surface area contributed by atoms with Gasteiger partial charge in [0.15, 0.2) is 0 Å². The van der Waals surface area contributed by atoms with E-state index in [-0.39, 0.29) is 42.9 Å². The summed E-state index contributed by atoms with van der Waals surface area (Å²) in [6.07, 6.45) is -0.000431. The van der Waals surface area contributed by atoms with Gasteiger partial charge in [0, 0.05) is 31.2 Å². The van der Waals surface area contributed by atoms with Gasteiger partial charge in [-0.1, -0.05) is 67.6 Å². The zero-order valence-corrected chi connectivity index (χ0v) is 26.1. The molecule has 5 rings (SSSR count). The third-order valence-corrected chi connectivity index (χ3v) is 8.00. The lowest BCUT2D eigenvalue weighted by Crippen LogP contribution is -2.49. The number of hydrogen-bond donors (Lipinski definition) is 2. The normalized spacial score (nSPS) is 17.1. The Morgan fingerprint density at radius 2 is 1.64 bits per heavy atom. The lowest BCUT2D eigenvalue weighted by atomic mass is 9.99. The van der Waals surface area contributed by atoms with Gasteiger partial charge < -0.3 is 24.8 Å². The number of para-hydroxylation sites is 1. The molecule has 4 aromatic rings. The van der Waals surface area contributed by atoms with Gasteiger partial charge >= 0.3 is 0 Å². The van der Waals surface area contributed by atoms with Crippen molar-refractivity contribution in [2.75, 3.05) is 32.1 Å². The summed E-state index contributed by atoms with van der Waals surface area (Å²) in [6.45, 7) is 5.50. The first-order valence-corrected chi connectivity index (χ1v) is 15.4. The van der Waals surface area contributed by atoms with Crippen LogP contribution in [0.4, 0.5) is 5.69 Å². The molecule has 0 unspecified atom stereocenters. The molecule has 2 amide bonds. The molecule has 0 aromatic heterocycles. The topological polar surface area (TPSA) is 91.3 Å². The van der Waals surface area contributed by atoms with Gasteiger partial charge in [0.1, 0.15) is 23.4 Å². The molecule has 8 nitrogen and oxygen atoms in total. The van der Waals surface area contributed by atoms with Gasteiger partial charge in [0.05, 0.1) is 24.6 Å². The van der Waals surface area contributed by atoms with Crippen LogP contribution in [0.25, 0.3) is 0 Å². The summed E-state index contributed by atoms with van der Waals surface area (Å²) in [5, 5.41) is 12.9. The molecule has 2 N–H and O–H groups in total. The Kier molecular flexibility index (Phi) is 10.5. The molecule has 4 aromatic carbocycles. The first-order valence-electron chi connectivity index (χ1n) is 15.4. The summed E-state index contributed by atoms with van der Waals surface area (Å²) in [5.74, 6) is 1.62. The Hall–Kier alpha value is -4.66. The van der Waals surface area contributed by atoms with E-state index < -0.39 is 0 Å². The van der Waals surface area contributed by atoms with Crippen molar-refractivity contribution in [3.63, 3.8) is 0 Å². The van der Waals surface area contributed by atoms with Gasteiger partial charge in [-0.3, -0.25) is 14.5 Å². The molecule has 0 aliphatic carbocycles. The molecule has 0 fully saturated rings. The predicted octanol–water partition coefficient (Wildman–Crippen LogP) is 6.01. The van der Waals surface area contributed by atoms with Crippen LogP contribution in [0.2, 0.25) is 0 Å². The maximum atomic E-state index is 13.8. The standard InChI is InChI=1S/C37H41N3O5/c1-26-22-40(27(2)25-41)37(43)33-21-30(38-36(42)20-28-10-6-4-7-11-28)16-19-34(33)45-35(26)24-39(3)23-29-14-17-32(18-15-29)44-31-12-8-5-9-13-31/h4-19,21,26-27,35,41H,20,22-25H2,1-3H3,(H,38,42)/t26-,27-,35-/m1/s1. The molecule has 0 saturated heterocycles. The second-order valence-corrected chi connectivity index (χ2v) is 11.8. The lowest BCUT2D eigenvalue weighted by molar-refractivity contribution is -0.115. The van der Waals surface area contributed by atoms with Gasteiger partial charge in [-0.25, -0.2) is 0 Å². The summed E-state index contributed by atoms with van der Waals surface area (Å²) in [6, 6.07) is 32.1. The van der Waals surface area contributed by atoms with Crippen molar-refractivity contribution in [1.29, 1.82) is 0 Å². The SMILES string of the molecule is C[C@@H]1CN([C@H](C)CO)C(=O)c2cc(NC(=O)Cc3ccccc3)ccc2O[C@@H]1CN(C)Cc1ccc(Oc2ccccc2)cc1. The molecular formula is C37H41N3O5.